The zero-order valence-corrected chi connectivity index (χ0v) is 18.0. The number of nitrogens with zero attached hydrogens (tertiary/aromatic N) is 2. The van der Waals surface area contributed by atoms with E-state index in [1.807, 2.05) is 52.2 Å². The van der Waals surface area contributed by atoms with E-state index in [2.05, 4.69) is 20.5 Å². The van der Waals surface area contributed by atoms with E-state index >= 15 is 0 Å². The van der Waals surface area contributed by atoms with Crippen LogP contribution in [-0.4, -0.2) is 71.1 Å². The van der Waals surface area contributed by atoms with E-state index in [0.29, 0.717) is 25.5 Å². The Morgan fingerprint density at radius 3 is 2.70 bits per heavy atom. The molecule has 0 spiro atoms. The van der Waals surface area contributed by atoms with Crippen molar-refractivity contribution < 1.29 is 13.2 Å². The molecule has 8 heteroatoms. The average Bonchev–Trinajstić information content (AvgIpc) is 2.57. The van der Waals surface area contributed by atoms with Crippen molar-refractivity contribution in [1.29, 1.82) is 0 Å². The molecule has 0 saturated heterocycles. The standard InChI is InChI=1S/C19H34N4O3S/c1-6-20-19(22-16(2)10-13-27(5,24)25)21-15-17-8-7-9-18(14-17)26-12-11-23(3)4/h7-9,14,16H,6,10-13,15H2,1-5H3,(H2,20,21,22). The number of likely N-dealkylation sites (N-methyl/N-ethyl adjacent to an activating group) is 1. The lowest BCUT2D eigenvalue weighted by molar-refractivity contribution is 0.261. The van der Waals surface area contributed by atoms with Crippen molar-refractivity contribution in [3.8, 4) is 5.75 Å². The van der Waals surface area contributed by atoms with Crippen molar-refractivity contribution in [3.05, 3.63) is 29.8 Å². The van der Waals surface area contributed by atoms with Gasteiger partial charge < -0.3 is 20.3 Å². The number of sulfone groups is 1. The smallest absolute Gasteiger partial charge is 0.191 e. The van der Waals surface area contributed by atoms with Crippen LogP contribution in [0.1, 0.15) is 25.8 Å². The number of benzene rings is 1. The molecule has 2 N–H and O–H groups in total. The summed E-state index contributed by atoms with van der Waals surface area (Å²) >= 11 is 0. The molecule has 0 saturated carbocycles. The van der Waals surface area contributed by atoms with Gasteiger partial charge in [0.25, 0.3) is 0 Å². The molecular weight excluding hydrogens is 364 g/mol. The number of guanidine groups is 1. The van der Waals surface area contributed by atoms with E-state index in [1.54, 1.807) is 0 Å². The van der Waals surface area contributed by atoms with Crippen LogP contribution in [0.25, 0.3) is 0 Å². The highest BCUT2D eigenvalue weighted by Gasteiger charge is 2.09. The summed E-state index contributed by atoms with van der Waals surface area (Å²) in [5, 5.41) is 6.45. The van der Waals surface area contributed by atoms with Crippen molar-refractivity contribution >= 4 is 15.8 Å². The van der Waals surface area contributed by atoms with E-state index in [4.69, 9.17) is 4.74 Å². The van der Waals surface area contributed by atoms with Gasteiger partial charge in [0.2, 0.25) is 0 Å². The monoisotopic (exact) mass is 398 g/mol. The molecule has 1 aromatic carbocycles. The van der Waals surface area contributed by atoms with Gasteiger partial charge in [0.1, 0.15) is 22.2 Å². The number of nitrogens with one attached hydrogen (secondary N) is 2. The molecule has 7 nitrogen and oxygen atoms in total. The van der Waals surface area contributed by atoms with Crippen LogP contribution in [0.4, 0.5) is 0 Å². The predicted octanol–water partition coefficient (Wildman–Crippen LogP) is 1.51. The molecule has 0 heterocycles. The molecule has 0 aliphatic heterocycles. The quantitative estimate of drug-likeness (QED) is 0.434. The lowest BCUT2D eigenvalue weighted by atomic mass is 10.2. The molecule has 0 bridgehead atoms. The molecule has 1 rings (SSSR count). The lowest BCUT2D eigenvalue weighted by Gasteiger charge is -2.17. The summed E-state index contributed by atoms with van der Waals surface area (Å²) < 4.78 is 28.4. The van der Waals surface area contributed by atoms with Gasteiger partial charge in [0, 0.05) is 25.4 Å². The molecule has 0 aromatic heterocycles. The van der Waals surface area contributed by atoms with Gasteiger partial charge in [-0.2, -0.15) is 0 Å². The molecule has 1 aromatic rings. The van der Waals surface area contributed by atoms with Gasteiger partial charge in [0.05, 0.1) is 12.3 Å². The van der Waals surface area contributed by atoms with Crippen molar-refractivity contribution in [2.45, 2.75) is 32.9 Å². The minimum atomic E-state index is -2.96. The van der Waals surface area contributed by atoms with Crippen LogP contribution >= 0.6 is 0 Å². The largest absolute Gasteiger partial charge is 0.492 e. The highest BCUT2D eigenvalue weighted by Crippen LogP contribution is 2.14. The first kappa shape index (κ1) is 23.2. The maximum Gasteiger partial charge on any atom is 0.191 e. The van der Waals surface area contributed by atoms with Gasteiger partial charge >= 0.3 is 0 Å². The van der Waals surface area contributed by atoms with Crippen LogP contribution in [0.2, 0.25) is 0 Å². The second-order valence-electron chi connectivity index (χ2n) is 6.96. The van der Waals surface area contributed by atoms with Gasteiger partial charge in [-0.1, -0.05) is 12.1 Å². The minimum absolute atomic E-state index is 0.0122. The van der Waals surface area contributed by atoms with Crippen LogP contribution < -0.4 is 15.4 Å². The second-order valence-corrected chi connectivity index (χ2v) is 9.22. The van der Waals surface area contributed by atoms with Gasteiger partial charge in [-0.25, -0.2) is 13.4 Å². The van der Waals surface area contributed by atoms with Gasteiger partial charge in [-0.05, 0) is 52.1 Å². The van der Waals surface area contributed by atoms with E-state index in [1.165, 1.54) is 6.26 Å². The Labute approximate surface area is 164 Å². The van der Waals surface area contributed by atoms with E-state index in [9.17, 15) is 8.42 Å². The van der Waals surface area contributed by atoms with Crippen molar-refractivity contribution in [2.24, 2.45) is 4.99 Å². The van der Waals surface area contributed by atoms with Crippen molar-refractivity contribution in [2.75, 3.05) is 45.8 Å². The fourth-order valence-electron chi connectivity index (χ4n) is 2.27. The molecule has 0 radical (unpaired) electrons. The van der Waals surface area contributed by atoms with Crippen LogP contribution in [0.15, 0.2) is 29.3 Å². The number of ether oxygens (including phenoxy) is 1. The van der Waals surface area contributed by atoms with Crippen molar-refractivity contribution in [3.63, 3.8) is 0 Å². The minimum Gasteiger partial charge on any atom is -0.492 e. The fraction of sp³-hybridized carbons (Fsp3) is 0.632. The molecular formula is C19H34N4O3S. The molecule has 1 unspecified atom stereocenters. The maximum atomic E-state index is 11.3. The summed E-state index contributed by atoms with van der Waals surface area (Å²) in [4.78, 5) is 6.68. The Bertz CT molecular complexity index is 690. The van der Waals surface area contributed by atoms with Crippen LogP contribution in [0.3, 0.4) is 0 Å². The normalized spacial score (nSPS) is 13.5. The first-order valence-electron chi connectivity index (χ1n) is 9.28. The molecule has 0 fully saturated rings. The molecule has 0 aliphatic rings. The third kappa shape index (κ3) is 11.5. The zero-order valence-electron chi connectivity index (χ0n) is 17.2. The summed E-state index contributed by atoms with van der Waals surface area (Å²) in [5.41, 5.74) is 1.05. The number of rotatable bonds is 11. The molecule has 0 aliphatic carbocycles. The highest BCUT2D eigenvalue weighted by atomic mass is 32.2. The summed E-state index contributed by atoms with van der Waals surface area (Å²) in [5.74, 6) is 1.67. The van der Waals surface area contributed by atoms with Gasteiger partial charge in [-0.15, -0.1) is 0 Å². The third-order valence-corrected chi connectivity index (χ3v) is 4.75. The molecule has 0 amide bonds. The van der Waals surface area contributed by atoms with Crippen LogP contribution in [-0.2, 0) is 16.4 Å². The summed E-state index contributed by atoms with van der Waals surface area (Å²) in [6.45, 7) is 6.70. The second kappa shape index (κ2) is 11.8. The SMILES string of the molecule is CCNC(=NCc1cccc(OCCN(C)C)c1)NC(C)CCS(C)(=O)=O. The van der Waals surface area contributed by atoms with E-state index in [0.717, 1.165) is 24.4 Å². The Morgan fingerprint density at radius 1 is 1.33 bits per heavy atom. The Kier molecular flexibility index (Phi) is 10.2. The topological polar surface area (TPSA) is 83.0 Å². The Morgan fingerprint density at radius 2 is 2.07 bits per heavy atom. The first-order chi connectivity index (χ1) is 12.7. The number of hydrogen-bond acceptors (Lipinski definition) is 5. The van der Waals surface area contributed by atoms with Gasteiger partial charge in [0.15, 0.2) is 5.96 Å². The van der Waals surface area contributed by atoms with Crippen LogP contribution in [0.5, 0.6) is 5.75 Å². The zero-order chi connectivity index (χ0) is 20.3. The average molecular weight is 399 g/mol. The Hall–Kier alpha value is -1.80. The van der Waals surface area contributed by atoms with Gasteiger partial charge in [-0.3, -0.25) is 0 Å². The van der Waals surface area contributed by atoms with E-state index in [-0.39, 0.29) is 11.8 Å². The third-order valence-electron chi connectivity index (χ3n) is 3.77. The van der Waals surface area contributed by atoms with E-state index < -0.39 is 9.84 Å². The summed E-state index contributed by atoms with van der Waals surface area (Å²) in [6.07, 6.45) is 1.80. The maximum absolute atomic E-state index is 11.3. The summed E-state index contributed by atoms with van der Waals surface area (Å²) in [6, 6.07) is 7.93. The molecule has 1 atom stereocenters. The van der Waals surface area contributed by atoms with Crippen molar-refractivity contribution in [1.82, 2.24) is 15.5 Å². The molecule has 154 valence electrons. The van der Waals surface area contributed by atoms with Crippen LogP contribution in [0, 0.1) is 0 Å². The predicted molar refractivity (Wildman–Crippen MR) is 112 cm³/mol. The summed E-state index contributed by atoms with van der Waals surface area (Å²) in [7, 11) is 1.07. The fourth-order valence-corrected chi connectivity index (χ4v) is 3.05. The number of hydrogen-bond donors (Lipinski definition) is 2. The lowest BCUT2D eigenvalue weighted by Crippen LogP contribution is -2.42. The first-order valence-corrected chi connectivity index (χ1v) is 11.3. The Balaban J connectivity index is 2.63. The number of aliphatic imine (C=N–C) groups is 1. The highest BCUT2D eigenvalue weighted by molar-refractivity contribution is 7.90. The molecule has 27 heavy (non-hydrogen) atoms.